The second-order valence-corrected chi connectivity index (χ2v) is 9.26. The van der Waals surface area contributed by atoms with Gasteiger partial charge in [-0.3, -0.25) is 9.52 Å². The van der Waals surface area contributed by atoms with Crippen molar-refractivity contribution in [3.63, 3.8) is 0 Å². The smallest absolute Gasteiger partial charge is 0.338 e. The Morgan fingerprint density at radius 1 is 0.939 bits per heavy atom. The normalized spacial score (nSPS) is 11.0. The van der Waals surface area contributed by atoms with Gasteiger partial charge in [0.25, 0.3) is 15.9 Å². The van der Waals surface area contributed by atoms with E-state index < -0.39 is 21.9 Å². The second kappa shape index (κ2) is 9.87. The Labute approximate surface area is 193 Å². The number of aryl methyl sites for hydroxylation is 2. The van der Waals surface area contributed by atoms with Gasteiger partial charge in [-0.2, -0.15) is 0 Å². The van der Waals surface area contributed by atoms with Crippen LogP contribution in [0.3, 0.4) is 0 Å². The number of rotatable bonds is 7. The van der Waals surface area contributed by atoms with Gasteiger partial charge in [0.1, 0.15) is 0 Å². The van der Waals surface area contributed by atoms with Crippen LogP contribution in [0.4, 0.5) is 11.4 Å². The van der Waals surface area contributed by atoms with Gasteiger partial charge in [0.15, 0.2) is 0 Å². The Hall–Kier alpha value is -3.65. The zero-order chi connectivity index (χ0) is 24.2. The Balaban J connectivity index is 1.88. The van der Waals surface area contributed by atoms with E-state index in [1.54, 1.807) is 69.3 Å². The van der Waals surface area contributed by atoms with E-state index in [4.69, 9.17) is 4.74 Å². The first-order valence-corrected chi connectivity index (χ1v) is 11.9. The van der Waals surface area contributed by atoms with Gasteiger partial charge < -0.3 is 10.1 Å². The molecule has 0 aromatic heterocycles. The molecule has 0 aliphatic carbocycles. The highest BCUT2D eigenvalue weighted by molar-refractivity contribution is 7.92. The minimum atomic E-state index is -3.91. The molecule has 3 aromatic rings. The van der Waals surface area contributed by atoms with E-state index in [1.165, 1.54) is 6.07 Å². The molecule has 0 saturated heterocycles. The molecule has 8 heteroatoms. The molecule has 0 bridgehead atoms. The van der Waals surface area contributed by atoms with E-state index in [2.05, 4.69) is 10.0 Å². The molecule has 7 nitrogen and oxygen atoms in total. The lowest BCUT2D eigenvalue weighted by atomic mass is 10.1. The zero-order valence-electron chi connectivity index (χ0n) is 18.9. The number of hydrogen-bond acceptors (Lipinski definition) is 5. The fourth-order valence-electron chi connectivity index (χ4n) is 3.35. The third-order valence-corrected chi connectivity index (χ3v) is 6.61. The minimum Gasteiger partial charge on any atom is -0.462 e. The van der Waals surface area contributed by atoms with E-state index in [9.17, 15) is 18.0 Å². The summed E-state index contributed by atoms with van der Waals surface area (Å²) in [5, 5.41) is 2.76. The van der Waals surface area contributed by atoms with Crippen LogP contribution < -0.4 is 10.0 Å². The molecule has 2 N–H and O–H groups in total. The number of anilines is 2. The van der Waals surface area contributed by atoms with Gasteiger partial charge in [-0.25, -0.2) is 13.2 Å². The van der Waals surface area contributed by atoms with Gasteiger partial charge in [-0.1, -0.05) is 24.3 Å². The van der Waals surface area contributed by atoms with Crippen molar-refractivity contribution in [1.82, 2.24) is 0 Å². The first kappa shape index (κ1) is 24.0. The lowest BCUT2D eigenvalue weighted by Gasteiger charge is -2.14. The average molecular weight is 467 g/mol. The Morgan fingerprint density at radius 3 is 2.36 bits per heavy atom. The molecule has 0 radical (unpaired) electrons. The SMILES string of the molecule is CCOC(=O)c1cccc(NC(=O)c2ccc(C)c(S(=O)(=O)Nc3cccc(C)c3)c2)c1C. The number of nitrogens with one attached hydrogen (secondary N) is 2. The number of amides is 1. The Kier molecular flexibility index (Phi) is 7.18. The van der Waals surface area contributed by atoms with Crippen LogP contribution in [0.15, 0.2) is 65.6 Å². The molecule has 3 rings (SSSR count). The first-order valence-electron chi connectivity index (χ1n) is 10.4. The summed E-state index contributed by atoms with van der Waals surface area (Å²) in [4.78, 5) is 25.1. The van der Waals surface area contributed by atoms with Crippen molar-refractivity contribution in [1.29, 1.82) is 0 Å². The number of hydrogen-bond donors (Lipinski definition) is 2. The van der Waals surface area contributed by atoms with E-state index in [0.29, 0.717) is 28.1 Å². The van der Waals surface area contributed by atoms with E-state index >= 15 is 0 Å². The molecule has 0 aliphatic heterocycles. The fraction of sp³-hybridized carbons (Fsp3) is 0.200. The molecular formula is C25H26N2O5S. The molecular weight excluding hydrogens is 440 g/mol. The number of sulfonamides is 1. The van der Waals surface area contributed by atoms with Crippen LogP contribution in [0.1, 0.15) is 44.3 Å². The standard InChI is InChI=1S/C25H26N2O5S/c1-5-32-25(29)21-10-7-11-22(18(21)4)26-24(28)19-13-12-17(3)23(15-19)33(30,31)27-20-9-6-8-16(2)14-20/h6-15,27H,5H2,1-4H3,(H,26,28). The second-order valence-electron chi connectivity index (χ2n) is 7.61. The molecule has 0 atom stereocenters. The lowest BCUT2D eigenvalue weighted by molar-refractivity contribution is 0.0525. The average Bonchev–Trinajstić information content (AvgIpc) is 2.75. The van der Waals surface area contributed by atoms with Crippen LogP contribution in [0.5, 0.6) is 0 Å². The molecule has 1 amide bonds. The number of esters is 1. The van der Waals surface area contributed by atoms with Crippen LogP contribution in [0, 0.1) is 20.8 Å². The Bertz CT molecular complexity index is 1320. The molecule has 0 heterocycles. The van der Waals surface area contributed by atoms with E-state index in [0.717, 1.165) is 5.56 Å². The third kappa shape index (κ3) is 5.59. The topological polar surface area (TPSA) is 102 Å². The van der Waals surface area contributed by atoms with Crippen LogP contribution in [-0.4, -0.2) is 26.9 Å². The summed E-state index contributed by atoms with van der Waals surface area (Å²) in [5.41, 5.74) is 3.39. The molecule has 0 spiro atoms. The quantitative estimate of drug-likeness (QED) is 0.485. The molecule has 0 fully saturated rings. The van der Waals surface area contributed by atoms with Gasteiger partial charge in [0.05, 0.1) is 17.1 Å². The summed E-state index contributed by atoms with van der Waals surface area (Å²) in [6.07, 6.45) is 0. The van der Waals surface area contributed by atoms with Crippen molar-refractivity contribution in [2.75, 3.05) is 16.6 Å². The molecule has 33 heavy (non-hydrogen) atoms. The maximum absolute atomic E-state index is 13.0. The highest BCUT2D eigenvalue weighted by Gasteiger charge is 2.20. The summed E-state index contributed by atoms with van der Waals surface area (Å²) in [6, 6.07) is 16.4. The number of carbonyl (C=O) groups is 2. The summed E-state index contributed by atoms with van der Waals surface area (Å²) < 4.78 is 33.6. The number of carbonyl (C=O) groups excluding carboxylic acids is 2. The minimum absolute atomic E-state index is 0.00801. The molecule has 0 unspecified atom stereocenters. The zero-order valence-corrected chi connectivity index (χ0v) is 19.7. The predicted octanol–water partition coefficient (Wildman–Crippen LogP) is 4.84. The first-order chi connectivity index (χ1) is 15.6. The van der Waals surface area contributed by atoms with Crippen molar-refractivity contribution < 1.29 is 22.7 Å². The summed E-state index contributed by atoms with van der Waals surface area (Å²) in [7, 11) is -3.91. The van der Waals surface area contributed by atoms with Gasteiger partial charge in [-0.05, 0) is 80.8 Å². The summed E-state index contributed by atoms with van der Waals surface area (Å²) in [6.45, 7) is 7.20. The van der Waals surface area contributed by atoms with Gasteiger partial charge in [0.2, 0.25) is 0 Å². The van der Waals surface area contributed by atoms with Gasteiger partial charge in [0, 0.05) is 16.9 Å². The monoisotopic (exact) mass is 466 g/mol. The number of benzene rings is 3. The molecule has 3 aromatic carbocycles. The summed E-state index contributed by atoms with van der Waals surface area (Å²) >= 11 is 0. The highest BCUT2D eigenvalue weighted by Crippen LogP contribution is 2.24. The Morgan fingerprint density at radius 2 is 1.67 bits per heavy atom. The van der Waals surface area contributed by atoms with Gasteiger partial charge in [-0.15, -0.1) is 0 Å². The molecule has 172 valence electrons. The van der Waals surface area contributed by atoms with Crippen molar-refractivity contribution in [3.8, 4) is 0 Å². The van der Waals surface area contributed by atoms with Crippen molar-refractivity contribution in [3.05, 3.63) is 88.5 Å². The molecule has 0 aliphatic rings. The van der Waals surface area contributed by atoms with Crippen LogP contribution in [0.2, 0.25) is 0 Å². The van der Waals surface area contributed by atoms with E-state index in [1.807, 2.05) is 13.0 Å². The van der Waals surface area contributed by atoms with Crippen LogP contribution in [-0.2, 0) is 14.8 Å². The lowest BCUT2D eigenvalue weighted by Crippen LogP contribution is -2.18. The summed E-state index contributed by atoms with van der Waals surface area (Å²) in [5.74, 6) is -0.969. The van der Waals surface area contributed by atoms with Crippen LogP contribution >= 0.6 is 0 Å². The fourth-order valence-corrected chi connectivity index (χ4v) is 4.67. The maximum atomic E-state index is 13.0. The third-order valence-electron chi connectivity index (χ3n) is 5.09. The number of ether oxygens (including phenoxy) is 1. The van der Waals surface area contributed by atoms with Crippen molar-refractivity contribution >= 4 is 33.3 Å². The van der Waals surface area contributed by atoms with Crippen molar-refractivity contribution in [2.24, 2.45) is 0 Å². The van der Waals surface area contributed by atoms with Crippen molar-refractivity contribution in [2.45, 2.75) is 32.6 Å². The molecule has 0 saturated carbocycles. The largest absolute Gasteiger partial charge is 0.462 e. The van der Waals surface area contributed by atoms with E-state index in [-0.39, 0.29) is 17.1 Å². The maximum Gasteiger partial charge on any atom is 0.338 e. The van der Waals surface area contributed by atoms with Crippen LogP contribution in [0.25, 0.3) is 0 Å². The predicted molar refractivity (Wildman–Crippen MR) is 128 cm³/mol. The highest BCUT2D eigenvalue weighted by atomic mass is 32.2. The van der Waals surface area contributed by atoms with Gasteiger partial charge >= 0.3 is 5.97 Å².